The second-order valence-electron chi connectivity index (χ2n) is 6.08. The molecule has 4 rings (SSSR count). The first-order valence-corrected chi connectivity index (χ1v) is 9.88. The first kappa shape index (κ1) is 17.6. The summed E-state index contributed by atoms with van der Waals surface area (Å²) < 4.78 is 11.1. The normalized spacial score (nSPS) is 12.4. The fourth-order valence-electron chi connectivity index (χ4n) is 2.78. The lowest BCUT2D eigenvalue weighted by atomic mass is 10.1. The highest BCUT2D eigenvalue weighted by Gasteiger charge is 2.25. The first-order chi connectivity index (χ1) is 12.9. The number of aryl methyl sites for hydroxylation is 2. The number of nitrogens with two attached hydrogens (primary N) is 1. The zero-order valence-electron chi connectivity index (χ0n) is 14.8. The number of carbonyl (C=O) groups is 1. The zero-order valence-corrected chi connectivity index (χ0v) is 16.5. The van der Waals surface area contributed by atoms with Crippen molar-refractivity contribution in [3.05, 3.63) is 45.6 Å². The van der Waals surface area contributed by atoms with Crippen LogP contribution in [-0.4, -0.2) is 21.2 Å². The highest BCUT2D eigenvalue weighted by molar-refractivity contribution is 7.21. The molecule has 4 heterocycles. The molecule has 0 saturated heterocycles. The lowest BCUT2D eigenvalue weighted by Gasteiger charge is -2.08. The summed E-state index contributed by atoms with van der Waals surface area (Å²) in [7, 11) is 0. The number of carbonyl (C=O) groups excluding carboxylic acids is 1. The monoisotopic (exact) mass is 400 g/mol. The Hall–Kier alpha value is -2.78. The van der Waals surface area contributed by atoms with Gasteiger partial charge in [-0.3, -0.25) is 0 Å². The fourth-order valence-corrected chi connectivity index (χ4v) is 4.53. The van der Waals surface area contributed by atoms with Gasteiger partial charge in [0.25, 0.3) is 11.8 Å². The molecular formula is C18H16N4O3S2. The molecule has 0 spiro atoms. The minimum Gasteiger partial charge on any atom is -0.448 e. The van der Waals surface area contributed by atoms with Gasteiger partial charge in [0.15, 0.2) is 6.10 Å². The molecule has 0 radical (unpaired) electrons. The van der Waals surface area contributed by atoms with Gasteiger partial charge in [-0.1, -0.05) is 6.07 Å². The molecule has 138 valence electrons. The third kappa shape index (κ3) is 3.19. The molecule has 9 heteroatoms. The maximum atomic E-state index is 12.6. The van der Waals surface area contributed by atoms with Gasteiger partial charge in [-0.2, -0.15) is 0 Å². The number of hydrogen-bond donors (Lipinski definition) is 1. The molecule has 1 unspecified atom stereocenters. The molecule has 27 heavy (non-hydrogen) atoms. The van der Waals surface area contributed by atoms with E-state index in [-0.39, 0.29) is 5.89 Å². The second-order valence-corrected chi connectivity index (χ2v) is 8.02. The number of fused-ring (bicyclic) bond motifs is 1. The van der Waals surface area contributed by atoms with E-state index in [0.717, 1.165) is 26.4 Å². The first-order valence-electron chi connectivity index (χ1n) is 8.18. The van der Waals surface area contributed by atoms with Gasteiger partial charge < -0.3 is 14.9 Å². The number of thiophene rings is 2. The number of aromatic nitrogens is 3. The Balaban J connectivity index is 1.58. The quantitative estimate of drug-likeness (QED) is 0.502. The van der Waals surface area contributed by atoms with E-state index < -0.39 is 12.1 Å². The number of pyridine rings is 1. The van der Waals surface area contributed by atoms with E-state index in [4.69, 9.17) is 14.9 Å². The Morgan fingerprint density at radius 1 is 1.33 bits per heavy atom. The number of anilines is 1. The fraction of sp³-hybridized carbons (Fsp3) is 0.222. The molecule has 1 atom stereocenters. The van der Waals surface area contributed by atoms with Crippen molar-refractivity contribution in [2.75, 3.05) is 5.73 Å². The summed E-state index contributed by atoms with van der Waals surface area (Å²) in [4.78, 5) is 19.0. The summed E-state index contributed by atoms with van der Waals surface area (Å²) in [6.07, 6.45) is -0.695. The van der Waals surface area contributed by atoms with Gasteiger partial charge in [0.1, 0.15) is 9.71 Å². The average molecular weight is 400 g/mol. The van der Waals surface area contributed by atoms with Crippen LogP contribution in [0.25, 0.3) is 21.0 Å². The minimum absolute atomic E-state index is 0.233. The van der Waals surface area contributed by atoms with Crippen LogP contribution >= 0.6 is 22.7 Å². The summed E-state index contributed by atoms with van der Waals surface area (Å²) in [5.41, 5.74) is 8.44. The SMILES string of the molecule is Cc1cc(C)c2c(N)c(C(=O)OC(C)c3nnc(-c4cccs4)o3)sc2n1. The predicted molar refractivity (Wildman–Crippen MR) is 105 cm³/mol. The number of nitrogens with zero attached hydrogens (tertiary/aromatic N) is 3. The molecule has 2 N–H and O–H groups in total. The lowest BCUT2D eigenvalue weighted by molar-refractivity contribution is 0.0287. The summed E-state index contributed by atoms with van der Waals surface area (Å²) in [6, 6.07) is 5.72. The molecule has 0 aliphatic heterocycles. The molecule has 0 saturated carbocycles. The molecule has 4 aromatic rings. The number of ether oxygens (including phenoxy) is 1. The number of rotatable bonds is 4. The van der Waals surface area contributed by atoms with Gasteiger partial charge in [0.05, 0.1) is 10.6 Å². The standard InChI is InChI=1S/C18H16N4O3S2/c1-8-7-9(2)20-17-12(8)13(19)14(27-17)18(23)24-10(3)15-21-22-16(25-15)11-5-4-6-26-11/h4-7,10H,19H2,1-3H3. The number of esters is 1. The van der Waals surface area contributed by atoms with E-state index >= 15 is 0 Å². The highest BCUT2D eigenvalue weighted by atomic mass is 32.1. The molecule has 0 aliphatic carbocycles. The van der Waals surface area contributed by atoms with Crippen molar-refractivity contribution in [2.24, 2.45) is 0 Å². The summed E-state index contributed by atoms with van der Waals surface area (Å²) in [5, 5.41) is 10.7. The third-order valence-electron chi connectivity index (χ3n) is 4.01. The second kappa shape index (κ2) is 6.75. The number of nitrogen functional groups attached to an aromatic ring is 1. The van der Waals surface area contributed by atoms with Gasteiger partial charge in [0.2, 0.25) is 0 Å². The summed E-state index contributed by atoms with van der Waals surface area (Å²) >= 11 is 2.72. The zero-order chi connectivity index (χ0) is 19.1. The number of hydrogen-bond acceptors (Lipinski definition) is 9. The van der Waals surface area contributed by atoms with Crippen molar-refractivity contribution in [3.8, 4) is 10.8 Å². The van der Waals surface area contributed by atoms with Crippen LogP contribution in [0.3, 0.4) is 0 Å². The average Bonchev–Trinajstić information content (AvgIpc) is 3.33. The smallest absolute Gasteiger partial charge is 0.351 e. The van der Waals surface area contributed by atoms with Crippen molar-refractivity contribution in [3.63, 3.8) is 0 Å². The van der Waals surface area contributed by atoms with Crippen LogP contribution < -0.4 is 5.73 Å². The van der Waals surface area contributed by atoms with Gasteiger partial charge in [-0.15, -0.1) is 32.9 Å². The molecule has 0 amide bonds. The Bertz CT molecular complexity index is 1130. The maximum Gasteiger partial charge on any atom is 0.351 e. The Labute approximate surface area is 162 Å². The van der Waals surface area contributed by atoms with Crippen LogP contribution in [0.5, 0.6) is 0 Å². The predicted octanol–water partition coefficient (Wildman–Crippen LogP) is 4.52. The van der Waals surface area contributed by atoms with Crippen molar-refractivity contribution in [2.45, 2.75) is 26.9 Å². The molecule has 4 aromatic heterocycles. The van der Waals surface area contributed by atoms with Crippen molar-refractivity contribution < 1.29 is 13.9 Å². The van der Waals surface area contributed by atoms with E-state index in [1.807, 2.05) is 37.4 Å². The van der Waals surface area contributed by atoms with Gasteiger partial charge in [-0.25, -0.2) is 9.78 Å². The summed E-state index contributed by atoms with van der Waals surface area (Å²) in [6.45, 7) is 5.53. The largest absolute Gasteiger partial charge is 0.448 e. The van der Waals surface area contributed by atoms with E-state index in [9.17, 15) is 4.79 Å². The molecule has 0 aromatic carbocycles. The van der Waals surface area contributed by atoms with Gasteiger partial charge >= 0.3 is 5.97 Å². The Morgan fingerprint density at radius 2 is 2.15 bits per heavy atom. The van der Waals surface area contributed by atoms with Gasteiger partial charge in [-0.05, 0) is 43.8 Å². The molecule has 0 aliphatic rings. The van der Waals surface area contributed by atoms with Gasteiger partial charge in [0, 0.05) is 11.1 Å². The van der Waals surface area contributed by atoms with E-state index in [2.05, 4.69) is 15.2 Å². The molecule has 0 bridgehead atoms. The molecule has 0 fully saturated rings. The Kier molecular flexibility index (Phi) is 4.40. The van der Waals surface area contributed by atoms with Crippen LogP contribution in [0.2, 0.25) is 0 Å². The maximum absolute atomic E-state index is 12.6. The van der Waals surface area contributed by atoms with Crippen LogP contribution in [-0.2, 0) is 4.74 Å². The van der Waals surface area contributed by atoms with Crippen LogP contribution in [0.1, 0.15) is 39.8 Å². The topological polar surface area (TPSA) is 104 Å². The molecular weight excluding hydrogens is 384 g/mol. The lowest BCUT2D eigenvalue weighted by Crippen LogP contribution is -2.09. The summed E-state index contributed by atoms with van der Waals surface area (Å²) in [5.74, 6) is 0.104. The minimum atomic E-state index is -0.695. The van der Waals surface area contributed by atoms with Crippen LogP contribution in [0.4, 0.5) is 5.69 Å². The van der Waals surface area contributed by atoms with E-state index in [1.165, 1.54) is 22.7 Å². The van der Waals surface area contributed by atoms with Crippen LogP contribution in [0.15, 0.2) is 28.0 Å². The van der Waals surface area contributed by atoms with Crippen molar-refractivity contribution in [1.29, 1.82) is 0 Å². The van der Waals surface area contributed by atoms with E-state index in [1.54, 1.807) is 6.92 Å². The Morgan fingerprint density at radius 3 is 2.89 bits per heavy atom. The highest BCUT2D eigenvalue weighted by Crippen LogP contribution is 2.36. The van der Waals surface area contributed by atoms with Crippen molar-refractivity contribution in [1.82, 2.24) is 15.2 Å². The third-order valence-corrected chi connectivity index (χ3v) is 5.95. The molecule has 7 nitrogen and oxygen atoms in total. The van der Waals surface area contributed by atoms with Crippen molar-refractivity contribution >= 4 is 44.5 Å². The van der Waals surface area contributed by atoms with Crippen LogP contribution in [0, 0.1) is 13.8 Å². The van der Waals surface area contributed by atoms with E-state index in [0.29, 0.717) is 16.5 Å².